The van der Waals surface area contributed by atoms with Crippen LogP contribution >= 0.6 is 0 Å². The molecule has 6 aromatic rings. The summed E-state index contributed by atoms with van der Waals surface area (Å²) in [6.45, 7) is 1.22. The largest absolute Gasteiger partial charge is 0.506 e. The Bertz CT molecular complexity index is 1580. The third kappa shape index (κ3) is 4.56. The van der Waals surface area contributed by atoms with E-state index in [0.717, 1.165) is 21.9 Å². The van der Waals surface area contributed by atoms with Crippen molar-refractivity contribution < 1.29 is 10.2 Å². The second-order valence-corrected chi connectivity index (χ2v) is 9.42. The zero-order valence-electron chi connectivity index (χ0n) is 20.8. The molecule has 0 bridgehead atoms. The minimum atomic E-state index is -0.0431. The fourth-order valence-corrected chi connectivity index (χ4v) is 5.27. The van der Waals surface area contributed by atoms with Gasteiger partial charge >= 0.3 is 0 Å². The van der Waals surface area contributed by atoms with Gasteiger partial charge in [-0.1, -0.05) is 84.9 Å². The van der Waals surface area contributed by atoms with Crippen LogP contribution in [0.4, 0.5) is 0 Å². The van der Waals surface area contributed by atoms with Gasteiger partial charge in [-0.05, 0) is 46.5 Å². The van der Waals surface area contributed by atoms with Crippen LogP contribution in [0.3, 0.4) is 0 Å². The number of hydrogen-bond acceptors (Lipinski definition) is 5. The van der Waals surface area contributed by atoms with Crippen molar-refractivity contribution in [3.05, 3.63) is 144 Å². The third-order valence-electron chi connectivity index (χ3n) is 7.02. The number of benzene rings is 4. The summed E-state index contributed by atoms with van der Waals surface area (Å²) in [5.74, 6) is 0.350. The van der Waals surface area contributed by atoms with Crippen LogP contribution in [-0.4, -0.2) is 25.1 Å². The SMILES string of the molecule is Oc1ccc(CN(Cc2ccc(O)c3ncccc23)C(c2ccccc2)c2ccccc2)c2cccnc12. The van der Waals surface area contributed by atoms with Crippen LogP contribution in [0, 0.1) is 0 Å². The predicted molar refractivity (Wildman–Crippen MR) is 151 cm³/mol. The lowest BCUT2D eigenvalue weighted by Crippen LogP contribution is -2.29. The first-order chi connectivity index (χ1) is 18.7. The molecule has 0 aliphatic heterocycles. The standard InChI is InChI=1S/C33H27N3O2/c37-29-17-15-25(27-13-7-19-34-31(27)29)21-36(22-26-16-18-30(38)32-28(26)14-8-20-35-32)33(23-9-3-1-4-10-23)24-11-5-2-6-12-24/h1-20,33,37-38H,21-22H2. The summed E-state index contributed by atoms with van der Waals surface area (Å²) in [6, 6.07) is 36.2. The lowest BCUT2D eigenvalue weighted by Gasteiger charge is -2.33. The number of fused-ring (bicyclic) bond motifs is 2. The predicted octanol–water partition coefficient (Wildman–Crippen LogP) is 6.99. The Morgan fingerprint density at radius 1 is 0.526 bits per heavy atom. The highest BCUT2D eigenvalue weighted by atomic mass is 16.3. The maximum absolute atomic E-state index is 10.5. The van der Waals surface area contributed by atoms with Gasteiger partial charge in [0.2, 0.25) is 0 Å². The van der Waals surface area contributed by atoms with Crippen molar-refractivity contribution >= 4 is 21.8 Å². The van der Waals surface area contributed by atoms with E-state index in [-0.39, 0.29) is 17.5 Å². The quantitative estimate of drug-likeness (QED) is 0.249. The van der Waals surface area contributed by atoms with Gasteiger partial charge in [-0.2, -0.15) is 0 Å². The number of aromatic hydroxyl groups is 2. The maximum atomic E-state index is 10.5. The monoisotopic (exact) mass is 497 g/mol. The van der Waals surface area contributed by atoms with E-state index in [1.54, 1.807) is 24.5 Å². The summed E-state index contributed by atoms with van der Waals surface area (Å²) in [7, 11) is 0. The molecule has 6 rings (SSSR count). The summed E-state index contributed by atoms with van der Waals surface area (Å²) in [5.41, 5.74) is 5.70. The van der Waals surface area contributed by atoms with Crippen LogP contribution in [-0.2, 0) is 13.1 Å². The van der Waals surface area contributed by atoms with Crippen LogP contribution in [0.2, 0.25) is 0 Å². The first-order valence-corrected chi connectivity index (χ1v) is 12.6. The summed E-state index contributed by atoms with van der Waals surface area (Å²) in [5, 5.41) is 22.8. The molecule has 186 valence electrons. The van der Waals surface area contributed by atoms with Gasteiger partial charge in [0, 0.05) is 36.3 Å². The number of hydrogen-bond donors (Lipinski definition) is 2. The molecule has 2 heterocycles. The van der Waals surface area contributed by atoms with Gasteiger partial charge in [0.15, 0.2) is 0 Å². The third-order valence-corrected chi connectivity index (χ3v) is 7.02. The van der Waals surface area contributed by atoms with Gasteiger partial charge in [0.05, 0.1) is 6.04 Å². The highest BCUT2D eigenvalue weighted by molar-refractivity contribution is 5.88. The van der Waals surface area contributed by atoms with Crippen molar-refractivity contribution in [2.75, 3.05) is 0 Å². The lowest BCUT2D eigenvalue weighted by atomic mass is 9.95. The fourth-order valence-electron chi connectivity index (χ4n) is 5.27. The molecule has 2 N–H and O–H groups in total. The number of aromatic nitrogens is 2. The first kappa shape index (κ1) is 23.6. The Morgan fingerprint density at radius 2 is 0.974 bits per heavy atom. The van der Waals surface area contributed by atoms with Crippen molar-refractivity contribution in [3.63, 3.8) is 0 Å². The van der Waals surface area contributed by atoms with Gasteiger partial charge in [-0.15, -0.1) is 0 Å². The molecule has 0 amide bonds. The smallest absolute Gasteiger partial charge is 0.141 e. The Kier molecular flexibility index (Phi) is 6.42. The summed E-state index contributed by atoms with van der Waals surface area (Å²) in [4.78, 5) is 11.3. The average molecular weight is 498 g/mol. The molecule has 0 radical (unpaired) electrons. The summed E-state index contributed by atoms with van der Waals surface area (Å²) in [6.07, 6.45) is 3.41. The number of pyridine rings is 2. The molecule has 0 aliphatic rings. The van der Waals surface area contributed by atoms with Crippen molar-refractivity contribution in [2.45, 2.75) is 19.1 Å². The van der Waals surface area contributed by atoms with Crippen LogP contribution in [0.1, 0.15) is 28.3 Å². The lowest BCUT2D eigenvalue weighted by molar-refractivity contribution is 0.208. The van der Waals surface area contributed by atoms with Crippen LogP contribution < -0.4 is 0 Å². The highest BCUT2D eigenvalue weighted by Crippen LogP contribution is 2.35. The van der Waals surface area contributed by atoms with E-state index in [1.807, 2.05) is 48.5 Å². The average Bonchev–Trinajstić information content (AvgIpc) is 2.97. The van der Waals surface area contributed by atoms with Crippen LogP contribution in [0.15, 0.2) is 122 Å². The van der Waals surface area contributed by atoms with Crippen molar-refractivity contribution in [2.24, 2.45) is 0 Å². The van der Waals surface area contributed by atoms with E-state index in [0.29, 0.717) is 24.1 Å². The molecule has 0 saturated carbocycles. The Labute approximate surface area is 221 Å². The van der Waals surface area contributed by atoms with Gasteiger partial charge in [-0.3, -0.25) is 14.9 Å². The van der Waals surface area contributed by atoms with Gasteiger partial charge < -0.3 is 10.2 Å². The van der Waals surface area contributed by atoms with Crippen LogP contribution in [0.25, 0.3) is 21.8 Å². The fraction of sp³-hybridized carbons (Fsp3) is 0.0909. The van der Waals surface area contributed by atoms with Crippen LogP contribution in [0.5, 0.6) is 11.5 Å². The number of phenols is 2. The Morgan fingerprint density at radius 3 is 1.42 bits per heavy atom. The molecule has 0 saturated heterocycles. The summed E-state index contributed by atoms with van der Waals surface area (Å²) >= 11 is 0. The van der Waals surface area contributed by atoms with Gasteiger partial charge in [-0.25, -0.2) is 0 Å². The molecule has 0 fully saturated rings. The van der Waals surface area contributed by atoms with Crippen molar-refractivity contribution in [1.82, 2.24) is 14.9 Å². The van der Waals surface area contributed by atoms with E-state index in [1.165, 1.54) is 11.1 Å². The topological polar surface area (TPSA) is 69.5 Å². The molecule has 2 aromatic heterocycles. The molecule has 0 aliphatic carbocycles. The van der Waals surface area contributed by atoms with E-state index in [9.17, 15) is 10.2 Å². The Hall–Kier alpha value is -4.74. The molecule has 0 spiro atoms. The van der Waals surface area contributed by atoms with E-state index in [4.69, 9.17) is 0 Å². The number of phenolic OH excluding ortho intramolecular Hbond substituents is 2. The van der Waals surface area contributed by atoms with Crippen molar-refractivity contribution in [1.29, 1.82) is 0 Å². The molecule has 4 aromatic carbocycles. The zero-order valence-corrected chi connectivity index (χ0v) is 20.8. The zero-order chi connectivity index (χ0) is 25.9. The van der Waals surface area contributed by atoms with E-state index < -0.39 is 0 Å². The molecular weight excluding hydrogens is 470 g/mol. The van der Waals surface area contributed by atoms with Crippen molar-refractivity contribution in [3.8, 4) is 11.5 Å². The molecule has 38 heavy (non-hydrogen) atoms. The molecule has 5 nitrogen and oxygen atoms in total. The highest BCUT2D eigenvalue weighted by Gasteiger charge is 2.25. The number of rotatable bonds is 7. The number of nitrogens with zero attached hydrogens (tertiary/aromatic N) is 3. The molecule has 0 atom stereocenters. The van der Waals surface area contributed by atoms with Gasteiger partial charge in [0.1, 0.15) is 22.5 Å². The normalized spacial score (nSPS) is 11.5. The Balaban J connectivity index is 1.53. The maximum Gasteiger partial charge on any atom is 0.141 e. The second-order valence-electron chi connectivity index (χ2n) is 9.42. The second kappa shape index (κ2) is 10.3. The summed E-state index contributed by atoms with van der Waals surface area (Å²) < 4.78 is 0. The molecular formula is C33H27N3O2. The molecule has 5 heteroatoms. The van der Waals surface area contributed by atoms with E-state index in [2.05, 4.69) is 63.4 Å². The van der Waals surface area contributed by atoms with Gasteiger partial charge in [0.25, 0.3) is 0 Å². The minimum Gasteiger partial charge on any atom is -0.506 e. The molecule has 0 unspecified atom stereocenters. The minimum absolute atomic E-state index is 0.0431. The van der Waals surface area contributed by atoms with E-state index >= 15 is 0 Å². The first-order valence-electron chi connectivity index (χ1n) is 12.6.